The highest BCUT2D eigenvalue weighted by Crippen LogP contribution is 2.27. The van der Waals surface area contributed by atoms with Crippen molar-refractivity contribution in [1.82, 2.24) is 5.09 Å². The third-order valence-electron chi connectivity index (χ3n) is 2.28. The third kappa shape index (κ3) is 7.05. The van der Waals surface area contributed by atoms with Gasteiger partial charge in [-0.2, -0.15) is 0 Å². The summed E-state index contributed by atoms with van der Waals surface area (Å²) < 4.78 is 16.5. The first-order valence-electron chi connectivity index (χ1n) is 6.19. The number of hydrogen-bond acceptors (Lipinski definition) is 3. The van der Waals surface area contributed by atoms with E-state index in [9.17, 15) is 4.57 Å². The first kappa shape index (κ1) is 17.9. The smallest absolute Gasteiger partial charge is 0.281 e. The van der Waals surface area contributed by atoms with Crippen molar-refractivity contribution in [2.75, 3.05) is 6.61 Å². The van der Waals surface area contributed by atoms with Gasteiger partial charge >= 0.3 is 0 Å². The summed E-state index contributed by atoms with van der Waals surface area (Å²) in [5, 5.41) is 3.88. The molecule has 1 aromatic carbocycles. The highest BCUT2D eigenvalue weighted by Gasteiger charge is 2.01. The fraction of sp³-hybridized carbons (Fsp3) is 0.385. The summed E-state index contributed by atoms with van der Waals surface area (Å²) in [5.41, 5.74) is 1.09. The largest absolute Gasteiger partial charge is 0.323 e. The average molecular weight is 354 g/mol. The molecule has 112 valence electrons. The van der Waals surface area contributed by atoms with Gasteiger partial charge in [0.25, 0.3) is 8.18 Å². The zero-order valence-corrected chi connectivity index (χ0v) is 14.7. The van der Waals surface area contributed by atoms with E-state index >= 15 is 0 Å². The molecule has 7 heteroatoms. The van der Waals surface area contributed by atoms with E-state index in [1.165, 1.54) is 0 Å². The van der Waals surface area contributed by atoms with Crippen LogP contribution < -0.4 is 5.09 Å². The van der Waals surface area contributed by atoms with Crippen LogP contribution >= 0.6 is 43.1 Å². The van der Waals surface area contributed by atoms with E-state index in [0.717, 1.165) is 22.6 Å². The Morgan fingerprint density at radius 2 is 2.20 bits per heavy atom. The van der Waals surface area contributed by atoms with E-state index in [1.807, 2.05) is 26.0 Å². The van der Waals surface area contributed by atoms with Crippen LogP contribution in [0.25, 0.3) is 0 Å². The van der Waals surface area contributed by atoms with Gasteiger partial charge < -0.3 is 9.61 Å². The Bertz CT molecular complexity index is 497. The molecule has 0 amide bonds. The van der Waals surface area contributed by atoms with Crippen molar-refractivity contribution in [3.05, 3.63) is 44.9 Å². The van der Waals surface area contributed by atoms with Gasteiger partial charge in [-0.05, 0) is 35.9 Å². The van der Waals surface area contributed by atoms with E-state index in [4.69, 9.17) is 27.7 Å². The zero-order valence-electron chi connectivity index (χ0n) is 11.4. The fourth-order valence-corrected chi connectivity index (χ4v) is 3.21. The fourth-order valence-electron chi connectivity index (χ4n) is 1.27. The number of benzene rings is 1. The van der Waals surface area contributed by atoms with E-state index in [-0.39, 0.29) is 0 Å². The Balaban J connectivity index is 2.40. The molecule has 0 spiro atoms. The van der Waals surface area contributed by atoms with E-state index in [1.54, 1.807) is 24.0 Å². The molecule has 0 radical (unpaired) electrons. The quantitative estimate of drug-likeness (QED) is 0.626. The van der Waals surface area contributed by atoms with Crippen LogP contribution in [-0.2, 0) is 14.8 Å². The standard InChI is InChI=1S/C13H18Cl2NO2PS/c1-3-6-18-19(17)16-8-10(2)20-9-11-4-5-12(14)13(15)7-11/h4-5,7-8,19H,3,6,9H2,1-2H3,(H,16,17). The number of thioether (sulfide) groups is 1. The van der Waals surface area contributed by atoms with Crippen molar-refractivity contribution < 1.29 is 9.09 Å². The second kappa shape index (κ2) is 9.75. The number of allylic oxidation sites excluding steroid dienone is 1. The van der Waals surface area contributed by atoms with Gasteiger partial charge in [0.05, 0.1) is 16.7 Å². The summed E-state index contributed by atoms with van der Waals surface area (Å²) in [5.74, 6) is 0.775. The monoisotopic (exact) mass is 353 g/mol. The number of hydrogen-bond donors (Lipinski definition) is 1. The SMILES string of the molecule is CCCO[PH](=O)NC=C(C)SCc1ccc(Cl)c(Cl)c1. The molecule has 0 saturated heterocycles. The minimum absolute atomic E-state index is 0.508. The Kier molecular flexibility index (Phi) is 8.74. The van der Waals surface area contributed by atoms with Crippen molar-refractivity contribution in [1.29, 1.82) is 0 Å². The maximum absolute atomic E-state index is 11.4. The highest BCUT2D eigenvalue weighted by molar-refractivity contribution is 8.02. The molecule has 0 aromatic heterocycles. The first-order chi connectivity index (χ1) is 9.52. The van der Waals surface area contributed by atoms with Crippen LogP contribution in [0.15, 0.2) is 29.3 Å². The third-order valence-corrected chi connectivity index (χ3v) is 4.92. The van der Waals surface area contributed by atoms with Gasteiger partial charge in [-0.1, -0.05) is 36.2 Å². The average Bonchev–Trinajstić information content (AvgIpc) is 2.44. The molecule has 0 saturated carbocycles. The topological polar surface area (TPSA) is 38.3 Å². The molecule has 0 aliphatic carbocycles. The molecule has 20 heavy (non-hydrogen) atoms. The minimum atomic E-state index is -2.17. The molecule has 1 rings (SSSR count). The molecule has 1 N–H and O–H groups in total. The summed E-state index contributed by atoms with van der Waals surface area (Å²) in [4.78, 5) is 1.02. The van der Waals surface area contributed by atoms with Crippen LogP contribution in [0.1, 0.15) is 25.8 Å². The summed E-state index contributed by atoms with van der Waals surface area (Å²) >= 11 is 13.5. The van der Waals surface area contributed by atoms with Gasteiger partial charge in [0, 0.05) is 12.0 Å². The van der Waals surface area contributed by atoms with Gasteiger partial charge in [-0.3, -0.25) is 4.57 Å². The van der Waals surface area contributed by atoms with Crippen LogP contribution in [-0.4, -0.2) is 6.61 Å². The van der Waals surface area contributed by atoms with Crippen LogP contribution in [0, 0.1) is 0 Å². The Morgan fingerprint density at radius 3 is 2.85 bits per heavy atom. The molecular weight excluding hydrogens is 336 g/mol. The predicted octanol–water partition coefficient (Wildman–Crippen LogP) is 5.49. The van der Waals surface area contributed by atoms with E-state index in [0.29, 0.717) is 16.7 Å². The predicted molar refractivity (Wildman–Crippen MR) is 89.9 cm³/mol. The van der Waals surface area contributed by atoms with Gasteiger partial charge in [0.2, 0.25) is 0 Å². The molecular formula is C13H18Cl2NO2PS. The number of halogens is 2. The normalized spacial score (nSPS) is 13.3. The van der Waals surface area contributed by atoms with E-state index in [2.05, 4.69) is 5.09 Å². The van der Waals surface area contributed by atoms with Crippen molar-refractivity contribution in [3.63, 3.8) is 0 Å². The van der Waals surface area contributed by atoms with Crippen molar-refractivity contribution >= 4 is 43.1 Å². The molecule has 0 heterocycles. The van der Waals surface area contributed by atoms with Crippen LogP contribution in [0.4, 0.5) is 0 Å². The van der Waals surface area contributed by atoms with Gasteiger partial charge in [0.15, 0.2) is 0 Å². The lowest BCUT2D eigenvalue weighted by atomic mass is 10.2. The summed E-state index contributed by atoms with van der Waals surface area (Å²) in [6.07, 6.45) is 2.58. The second-order valence-corrected chi connectivity index (χ2v) is 7.26. The molecule has 0 fully saturated rings. The molecule has 0 aliphatic rings. The van der Waals surface area contributed by atoms with Crippen LogP contribution in [0.2, 0.25) is 10.0 Å². The van der Waals surface area contributed by atoms with Crippen LogP contribution in [0.3, 0.4) is 0 Å². The summed E-state index contributed by atoms with van der Waals surface area (Å²) in [6.45, 7) is 4.43. The Hall–Kier alpha value is -0.120. The molecule has 0 bridgehead atoms. The summed E-state index contributed by atoms with van der Waals surface area (Å²) in [6, 6.07) is 5.58. The molecule has 1 atom stereocenters. The first-order valence-corrected chi connectivity index (χ1v) is 9.25. The van der Waals surface area contributed by atoms with Crippen molar-refractivity contribution in [2.45, 2.75) is 26.0 Å². The Morgan fingerprint density at radius 1 is 1.45 bits per heavy atom. The molecule has 0 aliphatic heterocycles. The van der Waals surface area contributed by atoms with Crippen LogP contribution in [0.5, 0.6) is 0 Å². The lowest BCUT2D eigenvalue weighted by molar-refractivity contribution is 0.325. The van der Waals surface area contributed by atoms with Crippen molar-refractivity contribution in [2.24, 2.45) is 0 Å². The lowest BCUT2D eigenvalue weighted by Gasteiger charge is -2.06. The number of nitrogens with one attached hydrogen (secondary N) is 1. The summed E-state index contributed by atoms with van der Waals surface area (Å²) in [7, 11) is -2.17. The minimum Gasteiger partial charge on any atom is -0.323 e. The molecule has 1 aromatic rings. The van der Waals surface area contributed by atoms with Gasteiger partial charge in [-0.25, -0.2) is 0 Å². The zero-order chi connectivity index (χ0) is 15.0. The van der Waals surface area contributed by atoms with Gasteiger partial charge in [0.1, 0.15) is 0 Å². The number of rotatable bonds is 8. The lowest BCUT2D eigenvalue weighted by Crippen LogP contribution is -1.96. The van der Waals surface area contributed by atoms with Crippen molar-refractivity contribution in [3.8, 4) is 0 Å². The highest BCUT2D eigenvalue weighted by atomic mass is 35.5. The van der Waals surface area contributed by atoms with Gasteiger partial charge in [-0.15, -0.1) is 11.8 Å². The second-order valence-electron chi connectivity index (χ2n) is 4.07. The van der Waals surface area contributed by atoms with E-state index < -0.39 is 8.18 Å². The molecule has 3 nitrogen and oxygen atoms in total. The maximum Gasteiger partial charge on any atom is 0.281 e. The Labute approximate surface area is 135 Å². The molecule has 1 unspecified atom stereocenters. The maximum atomic E-state index is 11.4.